The van der Waals surface area contributed by atoms with Crippen LogP contribution >= 0.6 is 0 Å². The Kier molecular flexibility index (Phi) is 5.86. The number of fused-ring (bicyclic) bond motifs is 1. The van der Waals surface area contributed by atoms with E-state index in [0.717, 1.165) is 33.6 Å². The molecule has 172 valence electrons. The number of ether oxygens (including phenoxy) is 2. The molecule has 0 aliphatic carbocycles. The molecule has 0 saturated carbocycles. The van der Waals surface area contributed by atoms with Gasteiger partial charge in [0, 0.05) is 5.56 Å². The van der Waals surface area contributed by atoms with Crippen molar-refractivity contribution in [2.24, 2.45) is 0 Å². The molecule has 0 amide bonds. The molecule has 5 rings (SSSR count). The summed E-state index contributed by atoms with van der Waals surface area (Å²) in [5, 5.41) is 23.1. The summed E-state index contributed by atoms with van der Waals surface area (Å²) in [5.74, 6) is 2.20. The lowest BCUT2D eigenvalue weighted by atomic mass is 9.95. The Labute approximate surface area is 196 Å². The first-order chi connectivity index (χ1) is 16.7. The van der Waals surface area contributed by atoms with Gasteiger partial charge in [-0.3, -0.25) is 0 Å². The summed E-state index contributed by atoms with van der Waals surface area (Å²) in [7, 11) is 0. The van der Waals surface area contributed by atoms with Gasteiger partial charge >= 0.3 is 0 Å². The summed E-state index contributed by atoms with van der Waals surface area (Å²) in [5.41, 5.74) is 5.48. The predicted octanol–water partition coefficient (Wildman–Crippen LogP) is 3.83. The predicted molar refractivity (Wildman–Crippen MR) is 127 cm³/mol. The zero-order valence-electron chi connectivity index (χ0n) is 19.2. The standard InChI is InChI=1S/C24H24N8O2/c1-4-33-23-20-21(24(29-28-23)34-5-2)32(15(3)25-20)14-16-10-6-7-11-17(16)18-12-8-9-13-19(18)22-26-30-31-27-22/h6-13H,4-5,14H2,1-3H3,(H,26,27,30,31). The molecule has 1 N–H and O–H groups in total. The zero-order valence-corrected chi connectivity index (χ0v) is 19.2. The van der Waals surface area contributed by atoms with Gasteiger partial charge in [-0.1, -0.05) is 48.5 Å². The number of tetrazole rings is 1. The maximum absolute atomic E-state index is 5.81. The Morgan fingerprint density at radius 2 is 1.50 bits per heavy atom. The number of benzene rings is 2. The van der Waals surface area contributed by atoms with Crippen LogP contribution < -0.4 is 9.47 Å². The minimum atomic E-state index is 0.401. The van der Waals surface area contributed by atoms with E-state index in [2.05, 4.69) is 53.6 Å². The summed E-state index contributed by atoms with van der Waals surface area (Å²) < 4.78 is 13.6. The molecule has 0 radical (unpaired) electrons. The van der Waals surface area contributed by atoms with Crippen molar-refractivity contribution >= 4 is 11.0 Å². The monoisotopic (exact) mass is 456 g/mol. The number of aromatic amines is 1. The van der Waals surface area contributed by atoms with Crippen molar-refractivity contribution in [1.29, 1.82) is 0 Å². The van der Waals surface area contributed by atoms with Gasteiger partial charge in [0.2, 0.25) is 5.82 Å². The molecule has 10 nitrogen and oxygen atoms in total. The second kappa shape index (κ2) is 9.26. The number of H-pyrrole nitrogens is 1. The highest BCUT2D eigenvalue weighted by Crippen LogP contribution is 2.35. The molecule has 0 spiro atoms. The minimum absolute atomic E-state index is 0.401. The summed E-state index contributed by atoms with van der Waals surface area (Å²) >= 11 is 0. The van der Waals surface area contributed by atoms with E-state index in [-0.39, 0.29) is 0 Å². The van der Waals surface area contributed by atoms with Gasteiger partial charge < -0.3 is 14.0 Å². The third-order valence-corrected chi connectivity index (χ3v) is 5.51. The van der Waals surface area contributed by atoms with E-state index in [1.54, 1.807) is 0 Å². The lowest BCUT2D eigenvalue weighted by Gasteiger charge is -2.15. The largest absolute Gasteiger partial charge is 0.475 e. The SMILES string of the molecule is CCOc1nnc(OCC)c2c1nc(C)n2Cc1ccccc1-c1ccccc1-c1nn[nH]n1. The average molecular weight is 457 g/mol. The van der Waals surface area contributed by atoms with Gasteiger partial charge in [0.15, 0.2) is 5.52 Å². The number of nitrogens with one attached hydrogen (secondary N) is 1. The lowest BCUT2D eigenvalue weighted by Crippen LogP contribution is -2.07. The van der Waals surface area contributed by atoms with Crippen molar-refractivity contribution < 1.29 is 9.47 Å². The van der Waals surface area contributed by atoms with Crippen molar-refractivity contribution in [3.8, 4) is 34.3 Å². The van der Waals surface area contributed by atoms with E-state index in [9.17, 15) is 0 Å². The molecule has 0 fully saturated rings. The van der Waals surface area contributed by atoms with E-state index in [1.165, 1.54) is 0 Å². The van der Waals surface area contributed by atoms with Gasteiger partial charge in [-0.15, -0.1) is 20.4 Å². The first-order valence-corrected chi connectivity index (χ1v) is 11.1. The molecule has 0 atom stereocenters. The Morgan fingerprint density at radius 1 is 0.824 bits per heavy atom. The van der Waals surface area contributed by atoms with Crippen molar-refractivity contribution in [3.63, 3.8) is 0 Å². The molecule has 5 aromatic rings. The Balaban J connectivity index is 1.65. The number of hydrogen-bond donors (Lipinski definition) is 1. The van der Waals surface area contributed by atoms with Crippen LogP contribution in [0, 0.1) is 6.92 Å². The second-order valence-corrected chi connectivity index (χ2v) is 7.56. The van der Waals surface area contributed by atoms with Crippen LogP contribution in [0.5, 0.6) is 11.8 Å². The number of rotatable bonds is 8. The molecule has 0 aliphatic heterocycles. The molecule has 2 aromatic carbocycles. The van der Waals surface area contributed by atoms with Gasteiger partial charge in [-0.05, 0) is 42.7 Å². The molecular formula is C24H24N8O2. The molecule has 0 saturated heterocycles. The number of hydrogen-bond acceptors (Lipinski definition) is 8. The fourth-order valence-corrected chi connectivity index (χ4v) is 4.06. The third-order valence-electron chi connectivity index (χ3n) is 5.51. The Hall–Kier alpha value is -4.34. The highest BCUT2D eigenvalue weighted by molar-refractivity contribution is 5.86. The number of aryl methyl sites for hydroxylation is 1. The highest BCUT2D eigenvalue weighted by atomic mass is 16.5. The summed E-state index contributed by atoms with van der Waals surface area (Å²) in [6.07, 6.45) is 0. The lowest BCUT2D eigenvalue weighted by molar-refractivity contribution is 0.308. The van der Waals surface area contributed by atoms with Gasteiger partial charge in [0.1, 0.15) is 11.3 Å². The van der Waals surface area contributed by atoms with Gasteiger partial charge in [0.05, 0.1) is 19.8 Å². The maximum Gasteiger partial charge on any atom is 0.262 e. The number of imidazole rings is 1. The second-order valence-electron chi connectivity index (χ2n) is 7.56. The first kappa shape index (κ1) is 21.5. The summed E-state index contributed by atoms with van der Waals surface area (Å²) in [6.45, 7) is 7.28. The van der Waals surface area contributed by atoms with Crippen LogP contribution in [0.4, 0.5) is 0 Å². The Morgan fingerprint density at radius 3 is 2.24 bits per heavy atom. The van der Waals surface area contributed by atoms with E-state index in [4.69, 9.17) is 14.5 Å². The van der Waals surface area contributed by atoms with E-state index < -0.39 is 0 Å². The molecule has 3 aromatic heterocycles. The van der Waals surface area contributed by atoms with Crippen molar-refractivity contribution in [1.82, 2.24) is 40.4 Å². The quantitative estimate of drug-likeness (QED) is 0.374. The topological polar surface area (TPSA) is 117 Å². The van der Waals surface area contributed by atoms with Crippen molar-refractivity contribution in [3.05, 3.63) is 59.9 Å². The molecule has 0 unspecified atom stereocenters. The molecule has 10 heteroatoms. The molecular weight excluding hydrogens is 432 g/mol. The van der Waals surface area contributed by atoms with Crippen molar-refractivity contribution in [2.75, 3.05) is 13.2 Å². The maximum atomic E-state index is 5.81. The van der Waals surface area contributed by atoms with Crippen LogP contribution in [0.3, 0.4) is 0 Å². The summed E-state index contributed by atoms with van der Waals surface area (Å²) in [6, 6.07) is 16.3. The molecule has 0 bridgehead atoms. The molecule has 3 heterocycles. The highest BCUT2D eigenvalue weighted by Gasteiger charge is 2.21. The first-order valence-electron chi connectivity index (χ1n) is 11.1. The van der Waals surface area contributed by atoms with Crippen LogP contribution in [-0.4, -0.2) is 53.6 Å². The van der Waals surface area contributed by atoms with Crippen molar-refractivity contribution in [2.45, 2.75) is 27.3 Å². The fraction of sp³-hybridized carbons (Fsp3) is 0.250. The van der Waals surface area contributed by atoms with Crippen LogP contribution in [-0.2, 0) is 6.54 Å². The van der Waals surface area contributed by atoms with E-state index >= 15 is 0 Å². The average Bonchev–Trinajstić information content (AvgIpc) is 3.50. The number of nitrogens with zero attached hydrogens (tertiary/aromatic N) is 7. The molecule has 0 aliphatic rings. The van der Waals surface area contributed by atoms with Gasteiger partial charge in [-0.2, -0.15) is 5.21 Å². The van der Waals surface area contributed by atoms with E-state index in [0.29, 0.717) is 42.9 Å². The van der Waals surface area contributed by atoms with E-state index in [1.807, 2.05) is 51.1 Å². The van der Waals surface area contributed by atoms with Crippen LogP contribution in [0.25, 0.3) is 33.5 Å². The zero-order chi connectivity index (χ0) is 23.5. The normalized spacial score (nSPS) is 11.1. The van der Waals surface area contributed by atoms with Crippen LogP contribution in [0.1, 0.15) is 25.2 Å². The minimum Gasteiger partial charge on any atom is -0.475 e. The van der Waals surface area contributed by atoms with Gasteiger partial charge in [0.25, 0.3) is 11.8 Å². The fourth-order valence-electron chi connectivity index (χ4n) is 4.06. The Bertz CT molecular complexity index is 1430. The smallest absolute Gasteiger partial charge is 0.262 e. The number of aromatic nitrogens is 8. The van der Waals surface area contributed by atoms with Crippen LogP contribution in [0.15, 0.2) is 48.5 Å². The van der Waals surface area contributed by atoms with Gasteiger partial charge in [-0.25, -0.2) is 4.98 Å². The third kappa shape index (κ3) is 3.83. The summed E-state index contributed by atoms with van der Waals surface area (Å²) in [4.78, 5) is 4.75. The molecule has 34 heavy (non-hydrogen) atoms. The van der Waals surface area contributed by atoms with Crippen LogP contribution in [0.2, 0.25) is 0 Å².